The van der Waals surface area contributed by atoms with E-state index in [9.17, 15) is 6.85 Å². The van der Waals surface area contributed by atoms with Gasteiger partial charge in [-0.15, -0.1) is 0 Å². The van der Waals surface area contributed by atoms with Crippen LogP contribution >= 0.6 is 0 Å². The molecule has 0 unspecified atom stereocenters. The largest absolute Gasteiger partial charge is 0.452 e. The summed E-state index contributed by atoms with van der Waals surface area (Å²) >= 11 is 0. The van der Waals surface area contributed by atoms with Crippen molar-refractivity contribution >= 4 is 65.2 Å². The molecule has 0 atom stereocenters. The van der Waals surface area contributed by atoms with E-state index in [0.29, 0.717) is 33.1 Å². The van der Waals surface area contributed by atoms with Gasteiger partial charge in [-0.05, 0) is 67.2 Å². The summed E-state index contributed by atoms with van der Waals surface area (Å²) in [5.41, 5.74) is 1.13. The monoisotopic (exact) mass is 601 g/mol. The molecule has 46 heavy (non-hydrogen) atoms. The number of benzene rings is 8. The van der Waals surface area contributed by atoms with E-state index in [2.05, 4.69) is 0 Å². The molecule has 0 saturated heterocycles. The first kappa shape index (κ1) is 14.8. The molecule has 0 bridgehead atoms. The average molecular weight is 602 g/mol. The van der Waals surface area contributed by atoms with Crippen LogP contribution in [0.5, 0.6) is 0 Å². The van der Waals surface area contributed by atoms with Crippen molar-refractivity contribution in [1.82, 2.24) is 0 Å². The van der Waals surface area contributed by atoms with Gasteiger partial charge in [0.2, 0.25) is 0 Å². The smallest absolute Gasteiger partial charge is 0.178 e. The van der Waals surface area contributed by atoms with E-state index in [4.69, 9.17) is 22.5 Å². The van der Waals surface area contributed by atoms with E-state index >= 15 is 0 Å². The molecular formula is C44H26O2. The second kappa shape index (κ2) is 9.69. The fourth-order valence-corrected chi connectivity index (χ4v) is 6.51. The van der Waals surface area contributed by atoms with Gasteiger partial charge < -0.3 is 8.83 Å². The van der Waals surface area contributed by atoms with E-state index < -0.39 is 113 Å². The predicted molar refractivity (Wildman–Crippen MR) is 192 cm³/mol. The fraction of sp³-hybridized carbons (Fsp3) is 0. The van der Waals surface area contributed by atoms with Crippen molar-refractivity contribution in [2.24, 2.45) is 0 Å². The first-order chi connectivity index (χ1) is 29.1. The Kier molecular flexibility index (Phi) is 3.11. The van der Waals surface area contributed by atoms with Gasteiger partial charge in [0.1, 0.15) is 11.3 Å². The third-order valence-electron chi connectivity index (χ3n) is 8.43. The molecule has 2 nitrogen and oxygen atoms in total. The summed E-state index contributed by atoms with van der Waals surface area (Å²) in [4.78, 5) is 0. The minimum atomic E-state index is -0.780. The zero-order chi connectivity index (χ0) is 43.2. The lowest BCUT2D eigenvalue weighted by Crippen LogP contribution is -1.92. The summed E-state index contributed by atoms with van der Waals surface area (Å²) in [6.45, 7) is 0. The molecule has 2 aromatic heterocycles. The van der Waals surface area contributed by atoms with Crippen molar-refractivity contribution in [3.8, 4) is 33.6 Å². The molecule has 2 heteroatoms. The van der Waals surface area contributed by atoms with Crippen molar-refractivity contribution in [3.63, 3.8) is 0 Å². The van der Waals surface area contributed by atoms with Crippen LogP contribution in [0, 0.1) is 0 Å². The average Bonchev–Trinajstić information content (AvgIpc) is 3.85. The van der Waals surface area contributed by atoms with Crippen LogP contribution in [0.25, 0.3) is 98.8 Å². The van der Waals surface area contributed by atoms with E-state index in [1.54, 1.807) is 36.4 Å². The van der Waals surface area contributed by atoms with Crippen LogP contribution in [-0.2, 0) is 0 Å². The van der Waals surface area contributed by atoms with Crippen molar-refractivity contribution < 1.29 is 29.4 Å². The van der Waals surface area contributed by atoms with Crippen molar-refractivity contribution in [3.05, 3.63) is 157 Å². The molecule has 0 amide bonds. The van der Waals surface area contributed by atoms with Crippen molar-refractivity contribution in [2.45, 2.75) is 0 Å². The Morgan fingerprint density at radius 1 is 0.391 bits per heavy atom. The van der Waals surface area contributed by atoms with Crippen LogP contribution in [0.15, 0.2) is 166 Å². The first-order valence-electron chi connectivity index (χ1n) is 22.0. The SMILES string of the molecule is [2H]c1c([2H])c([2H])c2c(-c3c4c([2H])c([2H])c([2H])c([2H])c4c(-c4oc5c(ccc6c7ccccc7oc65)c4-c4ccccc4)c4c([2H])c([2H])c([2H])c([2H])c34)c([2H])c([2H])c([2H])c2c1[2H]. The Morgan fingerprint density at radius 2 is 0.978 bits per heavy atom. The summed E-state index contributed by atoms with van der Waals surface area (Å²) in [5.74, 6) is -0.0358. The third kappa shape index (κ3) is 3.53. The van der Waals surface area contributed by atoms with Crippen LogP contribution in [0.4, 0.5) is 0 Å². The number of hydrogen-bond acceptors (Lipinski definition) is 2. The van der Waals surface area contributed by atoms with Gasteiger partial charge in [0, 0.05) is 27.3 Å². The number of hydrogen-bond donors (Lipinski definition) is 0. The lowest BCUT2D eigenvalue weighted by atomic mass is 9.85. The summed E-state index contributed by atoms with van der Waals surface area (Å²) in [7, 11) is 0. The fourth-order valence-electron chi connectivity index (χ4n) is 6.51. The molecular weight excluding hydrogens is 560 g/mol. The molecule has 0 spiro atoms. The molecule has 8 aromatic carbocycles. The highest BCUT2D eigenvalue weighted by atomic mass is 16.4. The van der Waals surface area contributed by atoms with Crippen LogP contribution in [0.2, 0.25) is 0 Å². The molecule has 0 fully saturated rings. The van der Waals surface area contributed by atoms with Gasteiger partial charge in [-0.1, -0.05) is 139 Å². The standard InChI is InChI=1S/C44H26O2/c1-2-14-28(15-3-1)39-37-26-25-36-30-18-10-11-24-38(30)45-42(36)43(37)46-44(39)41-34-21-8-6-19-32(34)40(33-20-7-9-22-35(33)41)31-23-12-16-27-13-4-5-17-29(27)31/h1-26H/i4D,5D,6D,7D,8D,9D,12D,13D,16D,17D,19D,20D,21D,22D,23D. The maximum absolute atomic E-state index is 9.54. The lowest BCUT2D eigenvalue weighted by Gasteiger charge is -2.18. The molecule has 10 rings (SSSR count). The van der Waals surface area contributed by atoms with E-state index in [-0.39, 0.29) is 38.5 Å². The number of para-hydroxylation sites is 1. The minimum absolute atomic E-state index is 0.0358. The molecule has 0 aliphatic carbocycles. The highest BCUT2D eigenvalue weighted by Gasteiger charge is 2.26. The van der Waals surface area contributed by atoms with E-state index in [0.717, 1.165) is 5.39 Å². The van der Waals surface area contributed by atoms with Crippen LogP contribution in [-0.4, -0.2) is 0 Å². The van der Waals surface area contributed by atoms with Crippen molar-refractivity contribution in [1.29, 1.82) is 0 Å². The number of rotatable bonds is 3. The maximum atomic E-state index is 9.54. The molecule has 0 aliphatic rings. The Balaban J connectivity index is 1.55. The van der Waals surface area contributed by atoms with Gasteiger partial charge in [0.05, 0.1) is 20.6 Å². The number of fused-ring (bicyclic) bond motifs is 8. The Morgan fingerprint density at radius 3 is 1.74 bits per heavy atom. The molecule has 0 saturated carbocycles. The first-order valence-corrected chi connectivity index (χ1v) is 14.5. The Bertz CT molecular complexity index is 3560. The molecule has 0 radical (unpaired) electrons. The normalized spacial score (nSPS) is 16.5. The highest BCUT2D eigenvalue weighted by Crippen LogP contribution is 2.51. The van der Waals surface area contributed by atoms with Gasteiger partial charge in [0.15, 0.2) is 11.2 Å². The molecule has 10 aromatic rings. The van der Waals surface area contributed by atoms with Gasteiger partial charge >= 0.3 is 0 Å². The molecule has 214 valence electrons. The Labute approximate surface area is 285 Å². The summed E-state index contributed by atoms with van der Waals surface area (Å²) < 4.78 is 149. The lowest BCUT2D eigenvalue weighted by molar-refractivity contribution is 0.613. The topological polar surface area (TPSA) is 26.3 Å². The van der Waals surface area contributed by atoms with Gasteiger partial charge in [-0.3, -0.25) is 0 Å². The van der Waals surface area contributed by atoms with Gasteiger partial charge in [-0.25, -0.2) is 0 Å². The zero-order valence-corrected chi connectivity index (χ0v) is 23.7. The predicted octanol–water partition coefficient (Wildman–Crippen LogP) is 12.8. The summed E-state index contributed by atoms with van der Waals surface area (Å²) in [5, 5.41) is -0.180. The van der Waals surface area contributed by atoms with Gasteiger partial charge in [0.25, 0.3) is 0 Å². The van der Waals surface area contributed by atoms with Crippen LogP contribution in [0.1, 0.15) is 20.6 Å². The second-order valence-corrected chi connectivity index (χ2v) is 10.8. The highest BCUT2D eigenvalue weighted by molar-refractivity contribution is 6.26. The quantitative estimate of drug-likeness (QED) is 0.188. The third-order valence-corrected chi connectivity index (χ3v) is 8.43. The van der Waals surface area contributed by atoms with E-state index in [1.807, 2.05) is 30.3 Å². The van der Waals surface area contributed by atoms with Crippen LogP contribution in [0.3, 0.4) is 0 Å². The second-order valence-electron chi connectivity index (χ2n) is 10.8. The number of furan rings is 2. The summed E-state index contributed by atoms with van der Waals surface area (Å²) in [6.07, 6.45) is 0. The van der Waals surface area contributed by atoms with Crippen LogP contribution < -0.4 is 0 Å². The van der Waals surface area contributed by atoms with E-state index in [1.165, 1.54) is 0 Å². The Hall–Kier alpha value is -6.12. The van der Waals surface area contributed by atoms with Gasteiger partial charge in [-0.2, -0.15) is 0 Å². The molecule has 2 heterocycles. The maximum Gasteiger partial charge on any atom is 0.178 e. The summed E-state index contributed by atoms with van der Waals surface area (Å²) in [6, 6.07) is 9.29. The minimum Gasteiger partial charge on any atom is -0.452 e. The molecule has 0 N–H and O–H groups in total. The molecule has 0 aliphatic heterocycles. The zero-order valence-electron chi connectivity index (χ0n) is 38.7. The van der Waals surface area contributed by atoms with Crippen molar-refractivity contribution in [2.75, 3.05) is 0 Å².